The van der Waals surface area contributed by atoms with Crippen molar-refractivity contribution in [3.8, 4) is 0 Å². The van der Waals surface area contributed by atoms with Gasteiger partial charge in [0.05, 0.1) is 4.90 Å². The minimum atomic E-state index is -3.55. The predicted molar refractivity (Wildman–Crippen MR) is 106 cm³/mol. The fourth-order valence-corrected chi connectivity index (χ4v) is 4.50. The Bertz CT molecular complexity index is 920. The van der Waals surface area contributed by atoms with Crippen LogP contribution in [0.1, 0.15) is 11.1 Å². The van der Waals surface area contributed by atoms with Gasteiger partial charge in [0.15, 0.2) is 0 Å². The van der Waals surface area contributed by atoms with E-state index < -0.39 is 15.9 Å². The molecule has 3 rings (SSSR count). The SMILES string of the molecule is O=C(C=Cc1ccc(S(=O)(=O)N2CCN(Cc3ccccc3)CC2)cc1)NO. The van der Waals surface area contributed by atoms with Crippen molar-refractivity contribution in [3.05, 3.63) is 71.8 Å². The third-order valence-corrected chi connectivity index (χ3v) is 6.55. The van der Waals surface area contributed by atoms with Crippen LogP contribution in [0.3, 0.4) is 0 Å². The molecule has 8 heteroatoms. The zero-order valence-corrected chi connectivity index (χ0v) is 16.2. The highest BCUT2D eigenvalue weighted by Gasteiger charge is 2.28. The quantitative estimate of drug-likeness (QED) is 0.437. The molecule has 1 aliphatic heterocycles. The van der Waals surface area contributed by atoms with E-state index in [-0.39, 0.29) is 4.90 Å². The fraction of sp³-hybridized carbons (Fsp3) is 0.250. The number of hydrogen-bond donors (Lipinski definition) is 2. The van der Waals surface area contributed by atoms with Crippen molar-refractivity contribution < 1.29 is 18.4 Å². The summed E-state index contributed by atoms with van der Waals surface area (Å²) in [5.74, 6) is -0.648. The first kappa shape index (κ1) is 20.2. The van der Waals surface area contributed by atoms with Crippen molar-refractivity contribution in [2.75, 3.05) is 26.2 Å². The van der Waals surface area contributed by atoms with Gasteiger partial charge in [-0.25, -0.2) is 13.9 Å². The molecule has 1 amide bonds. The van der Waals surface area contributed by atoms with Crippen LogP contribution in [0.5, 0.6) is 0 Å². The second-order valence-corrected chi connectivity index (χ2v) is 8.48. The molecule has 2 aromatic carbocycles. The molecular weight excluding hydrogens is 378 g/mol. The van der Waals surface area contributed by atoms with Gasteiger partial charge in [0.2, 0.25) is 10.0 Å². The molecule has 0 radical (unpaired) electrons. The molecule has 0 aromatic heterocycles. The summed E-state index contributed by atoms with van der Waals surface area (Å²) < 4.78 is 27.2. The Morgan fingerprint density at radius 1 is 1.00 bits per heavy atom. The Hall–Kier alpha value is -2.52. The second kappa shape index (κ2) is 9.11. The van der Waals surface area contributed by atoms with Crippen molar-refractivity contribution in [2.24, 2.45) is 0 Å². The zero-order chi connectivity index (χ0) is 20.0. The van der Waals surface area contributed by atoms with Crippen LogP contribution in [0.4, 0.5) is 0 Å². The van der Waals surface area contributed by atoms with Crippen molar-refractivity contribution in [1.82, 2.24) is 14.7 Å². The summed E-state index contributed by atoms with van der Waals surface area (Å²) in [5.41, 5.74) is 3.38. The number of hydroxylamine groups is 1. The first-order valence-corrected chi connectivity index (χ1v) is 10.4. The van der Waals surface area contributed by atoms with E-state index in [4.69, 9.17) is 5.21 Å². The summed E-state index contributed by atoms with van der Waals surface area (Å²) in [5, 5.41) is 8.47. The highest BCUT2D eigenvalue weighted by Crippen LogP contribution is 2.19. The summed E-state index contributed by atoms with van der Waals surface area (Å²) >= 11 is 0. The molecule has 2 N–H and O–H groups in total. The van der Waals surface area contributed by atoms with Gasteiger partial charge in [-0.15, -0.1) is 0 Å². The lowest BCUT2D eigenvalue weighted by molar-refractivity contribution is -0.124. The molecule has 28 heavy (non-hydrogen) atoms. The molecule has 1 heterocycles. The normalized spacial score (nSPS) is 16.3. The van der Waals surface area contributed by atoms with Crippen LogP contribution >= 0.6 is 0 Å². The number of carbonyl (C=O) groups excluding carboxylic acids is 1. The van der Waals surface area contributed by atoms with Crippen molar-refractivity contribution in [3.63, 3.8) is 0 Å². The summed E-state index contributed by atoms with van der Waals surface area (Å²) in [6.45, 7) is 3.09. The maximum Gasteiger partial charge on any atom is 0.267 e. The zero-order valence-electron chi connectivity index (χ0n) is 15.4. The Morgan fingerprint density at radius 2 is 1.64 bits per heavy atom. The molecule has 0 unspecified atom stereocenters. The highest BCUT2D eigenvalue weighted by atomic mass is 32.2. The number of carbonyl (C=O) groups is 1. The van der Waals surface area contributed by atoms with Crippen molar-refractivity contribution in [2.45, 2.75) is 11.4 Å². The molecule has 1 saturated heterocycles. The predicted octanol–water partition coefficient (Wildman–Crippen LogP) is 1.71. The standard InChI is InChI=1S/C20H23N3O4S/c24-20(21-25)11-8-17-6-9-19(10-7-17)28(26,27)23-14-12-22(13-15-23)16-18-4-2-1-3-5-18/h1-11,25H,12-16H2,(H,21,24). The van der Waals surface area contributed by atoms with Crippen LogP contribution in [0.15, 0.2) is 65.6 Å². The van der Waals surface area contributed by atoms with E-state index in [1.54, 1.807) is 12.1 Å². The average molecular weight is 401 g/mol. The van der Waals surface area contributed by atoms with Crippen molar-refractivity contribution >= 4 is 22.0 Å². The number of rotatable bonds is 6. The van der Waals surface area contributed by atoms with Gasteiger partial charge in [0.25, 0.3) is 5.91 Å². The maximum atomic E-state index is 12.9. The van der Waals surface area contributed by atoms with Gasteiger partial charge >= 0.3 is 0 Å². The van der Waals surface area contributed by atoms with Gasteiger partial charge in [0.1, 0.15) is 0 Å². The molecule has 0 spiro atoms. The molecule has 0 bridgehead atoms. The molecule has 1 aliphatic rings. The number of hydrogen-bond acceptors (Lipinski definition) is 5. The van der Waals surface area contributed by atoms with Gasteiger partial charge in [0, 0.05) is 38.8 Å². The number of nitrogens with one attached hydrogen (secondary N) is 1. The molecule has 0 atom stereocenters. The van der Waals surface area contributed by atoms with Gasteiger partial charge in [-0.05, 0) is 29.3 Å². The van der Waals surface area contributed by atoms with Crippen LogP contribution in [-0.4, -0.2) is 54.9 Å². The fourth-order valence-electron chi connectivity index (χ4n) is 3.08. The van der Waals surface area contributed by atoms with Crippen LogP contribution in [0, 0.1) is 0 Å². The Balaban J connectivity index is 1.60. The maximum absolute atomic E-state index is 12.9. The van der Waals surface area contributed by atoms with E-state index in [0.29, 0.717) is 31.7 Å². The number of amides is 1. The van der Waals surface area contributed by atoms with Crippen molar-refractivity contribution in [1.29, 1.82) is 0 Å². The Kier molecular flexibility index (Phi) is 6.58. The summed E-state index contributed by atoms with van der Waals surface area (Å²) in [6.07, 6.45) is 2.65. The summed E-state index contributed by atoms with van der Waals surface area (Å²) in [4.78, 5) is 13.5. The summed E-state index contributed by atoms with van der Waals surface area (Å²) in [6, 6.07) is 16.4. The number of nitrogens with zero attached hydrogens (tertiary/aromatic N) is 2. The Labute approximate surface area is 164 Å². The van der Waals surface area contributed by atoms with E-state index in [0.717, 1.165) is 12.6 Å². The molecule has 148 valence electrons. The van der Waals surface area contributed by atoms with Gasteiger partial charge in [-0.3, -0.25) is 14.9 Å². The smallest absolute Gasteiger partial charge is 0.267 e. The van der Waals surface area contributed by atoms with Crippen LogP contribution in [0.2, 0.25) is 0 Å². The average Bonchev–Trinajstić information content (AvgIpc) is 2.73. The highest BCUT2D eigenvalue weighted by molar-refractivity contribution is 7.89. The van der Waals surface area contributed by atoms with E-state index in [9.17, 15) is 13.2 Å². The second-order valence-electron chi connectivity index (χ2n) is 6.54. The molecule has 2 aromatic rings. The van der Waals surface area contributed by atoms with Gasteiger partial charge < -0.3 is 0 Å². The molecule has 0 aliphatic carbocycles. The molecular formula is C20H23N3O4S. The third-order valence-electron chi connectivity index (χ3n) is 4.64. The van der Waals surface area contributed by atoms with Gasteiger partial charge in [-0.1, -0.05) is 42.5 Å². The number of sulfonamides is 1. The summed E-state index contributed by atoms with van der Waals surface area (Å²) in [7, 11) is -3.55. The lowest BCUT2D eigenvalue weighted by Crippen LogP contribution is -2.48. The topological polar surface area (TPSA) is 90.0 Å². The number of benzene rings is 2. The first-order chi connectivity index (χ1) is 13.5. The van der Waals surface area contributed by atoms with E-state index >= 15 is 0 Å². The van der Waals surface area contributed by atoms with Crippen LogP contribution < -0.4 is 5.48 Å². The third kappa shape index (κ3) is 5.05. The van der Waals surface area contributed by atoms with E-state index in [1.165, 1.54) is 33.6 Å². The number of piperazine rings is 1. The minimum absolute atomic E-state index is 0.229. The minimum Gasteiger partial charge on any atom is -0.296 e. The molecule has 1 fully saturated rings. The van der Waals surface area contributed by atoms with E-state index in [1.807, 2.05) is 18.2 Å². The lowest BCUT2D eigenvalue weighted by Gasteiger charge is -2.34. The molecule has 7 nitrogen and oxygen atoms in total. The Morgan fingerprint density at radius 3 is 2.25 bits per heavy atom. The first-order valence-electron chi connectivity index (χ1n) is 8.98. The lowest BCUT2D eigenvalue weighted by atomic mass is 10.2. The van der Waals surface area contributed by atoms with Gasteiger partial charge in [-0.2, -0.15) is 4.31 Å². The van der Waals surface area contributed by atoms with Crippen LogP contribution in [0.25, 0.3) is 6.08 Å². The van der Waals surface area contributed by atoms with E-state index in [2.05, 4.69) is 17.0 Å². The largest absolute Gasteiger partial charge is 0.296 e. The van der Waals surface area contributed by atoms with Crippen LogP contribution in [-0.2, 0) is 21.4 Å². The monoisotopic (exact) mass is 401 g/mol. The molecule has 0 saturated carbocycles.